The molecule has 1 saturated heterocycles. The number of carbonyl (C=O) groups is 1. The minimum absolute atomic E-state index is 0.203. The molecule has 1 aromatic heterocycles. The molecule has 0 saturated carbocycles. The summed E-state index contributed by atoms with van der Waals surface area (Å²) in [7, 11) is 0. The summed E-state index contributed by atoms with van der Waals surface area (Å²) in [5.41, 5.74) is 2.79. The SMILES string of the molecule is CC1CN(Cc2csc(NC(=O)c3cccc(OCc4ccccc4C#N)c3)n2)CC(C)O1. The van der Waals surface area contributed by atoms with Crippen molar-refractivity contribution >= 4 is 22.4 Å². The van der Waals surface area contributed by atoms with Crippen molar-refractivity contribution in [2.75, 3.05) is 18.4 Å². The third-order valence-corrected chi connectivity index (χ3v) is 6.09. The van der Waals surface area contributed by atoms with E-state index in [0.29, 0.717) is 22.0 Å². The second-order valence-corrected chi connectivity index (χ2v) is 8.99. The van der Waals surface area contributed by atoms with E-state index in [0.717, 1.165) is 30.9 Å². The zero-order valence-corrected chi connectivity index (χ0v) is 19.5. The van der Waals surface area contributed by atoms with E-state index in [-0.39, 0.29) is 24.7 Å². The molecular weight excluding hydrogens is 436 g/mol. The van der Waals surface area contributed by atoms with Gasteiger partial charge in [0, 0.05) is 36.1 Å². The Hall–Kier alpha value is -3.25. The highest BCUT2D eigenvalue weighted by atomic mass is 32.1. The highest BCUT2D eigenvalue weighted by Gasteiger charge is 2.23. The molecule has 0 bridgehead atoms. The van der Waals surface area contributed by atoms with E-state index < -0.39 is 0 Å². The van der Waals surface area contributed by atoms with Crippen LogP contribution in [0.2, 0.25) is 0 Å². The molecular formula is C25H26N4O3S. The van der Waals surface area contributed by atoms with Gasteiger partial charge in [-0.15, -0.1) is 11.3 Å². The summed E-state index contributed by atoms with van der Waals surface area (Å²) in [5.74, 6) is 0.318. The van der Waals surface area contributed by atoms with Gasteiger partial charge in [0.05, 0.1) is 29.5 Å². The molecule has 1 fully saturated rings. The predicted octanol–water partition coefficient (Wildman–Crippen LogP) is 4.46. The number of amides is 1. The first kappa shape index (κ1) is 22.9. The van der Waals surface area contributed by atoms with Gasteiger partial charge in [0.15, 0.2) is 5.13 Å². The van der Waals surface area contributed by atoms with Crippen LogP contribution < -0.4 is 10.1 Å². The molecule has 1 N–H and O–H groups in total. The second-order valence-electron chi connectivity index (χ2n) is 8.13. The summed E-state index contributed by atoms with van der Waals surface area (Å²) in [4.78, 5) is 19.7. The van der Waals surface area contributed by atoms with Crippen LogP contribution in [0, 0.1) is 11.3 Å². The van der Waals surface area contributed by atoms with E-state index in [2.05, 4.69) is 35.1 Å². The maximum Gasteiger partial charge on any atom is 0.257 e. The van der Waals surface area contributed by atoms with Gasteiger partial charge in [-0.05, 0) is 38.1 Å². The molecule has 1 aliphatic heterocycles. The number of nitrogens with one attached hydrogen (secondary N) is 1. The molecule has 0 radical (unpaired) electrons. The minimum atomic E-state index is -0.243. The fourth-order valence-electron chi connectivity index (χ4n) is 3.89. The molecule has 33 heavy (non-hydrogen) atoms. The Morgan fingerprint density at radius 3 is 2.82 bits per heavy atom. The quantitative estimate of drug-likeness (QED) is 0.558. The van der Waals surface area contributed by atoms with E-state index in [9.17, 15) is 10.1 Å². The zero-order valence-electron chi connectivity index (χ0n) is 18.7. The number of hydrogen-bond acceptors (Lipinski definition) is 7. The summed E-state index contributed by atoms with van der Waals surface area (Å²) >= 11 is 1.42. The molecule has 7 nitrogen and oxygen atoms in total. The number of aromatic nitrogens is 1. The van der Waals surface area contributed by atoms with E-state index in [1.54, 1.807) is 30.3 Å². The summed E-state index contributed by atoms with van der Waals surface area (Å²) in [6.45, 7) is 6.89. The zero-order chi connectivity index (χ0) is 23.2. The first-order valence-corrected chi connectivity index (χ1v) is 11.7. The minimum Gasteiger partial charge on any atom is -0.489 e. The number of carbonyl (C=O) groups excluding carboxylic acids is 1. The van der Waals surface area contributed by atoms with Crippen LogP contribution in [0.3, 0.4) is 0 Å². The van der Waals surface area contributed by atoms with Gasteiger partial charge in [0.1, 0.15) is 12.4 Å². The number of ether oxygens (including phenoxy) is 2. The van der Waals surface area contributed by atoms with E-state index in [1.165, 1.54) is 11.3 Å². The van der Waals surface area contributed by atoms with E-state index in [1.807, 2.05) is 23.6 Å². The van der Waals surface area contributed by atoms with Crippen LogP contribution in [0.5, 0.6) is 5.75 Å². The maximum absolute atomic E-state index is 12.8. The lowest BCUT2D eigenvalue weighted by Gasteiger charge is -2.34. The van der Waals surface area contributed by atoms with Crippen LogP contribution >= 0.6 is 11.3 Å². The Morgan fingerprint density at radius 1 is 1.24 bits per heavy atom. The van der Waals surface area contributed by atoms with Gasteiger partial charge in [-0.3, -0.25) is 15.0 Å². The van der Waals surface area contributed by atoms with Crippen LogP contribution in [0.15, 0.2) is 53.9 Å². The lowest BCUT2D eigenvalue weighted by Crippen LogP contribution is -2.44. The second kappa shape index (κ2) is 10.6. The van der Waals surface area contributed by atoms with Gasteiger partial charge in [0.25, 0.3) is 5.91 Å². The van der Waals surface area contributed by atoms with Crippen LogP contribution in [-0.2, 0) is 17.9 Å². The largest absolute Gasteiger partial charge is 0.489 e. The number of hydrogen-bond donors (Lipinski definition) is 1. The van der Waals surface area contributed by atoms with Gasteiger partial charge >= 0.3 is 0 Å². The molecule has 1 amide bonds. The van der Waals surface area contributed by atoms with Crippen molar-refractivity contribution < 1.29 is 14.3 Å². The topological polar surface area (TPSA) is 87.5 Å². The smallest absolute Gasteiger partial charge is 0.257 e. The fourth-order valence-corrected chi connectivity index (χ4v) is 4.59. The average Bonchev–Trinajstić information content (AvgIpc) is 3.23. The summed E-state index contributed by atoms with van der Waals surface area (Å²) < 4.78 is 11.6. The molecule has 1 aliphatic rings. The van der Waals surface area contributed by atoms with Crippen molar-refractivity contribution in [2.24, 2.45) is 0 Å². The molecule has 0 spiro atoms. The van der Waals surface area contributed by atoms with Crippen molar-refractivity contribution in [1.82, 2.24) is 9.88 Å². The number of rotatable bonds is 7. The standard InChI is InChI=1S/C25H26N4O3S/c1-17-12-29(13-18(2)32-17)14-22-16-33-25(27-22)28-24(30)19-8-5-9-23(10-19)31-15-21-7-4-3-6-20(21)11-26/h3-10,16-18H,12-15H2,1-2H3,(H,27,28,30). The number of morpholine rings is 1. The Bertz CT molecular complexity index is 1150. The maximum atomic E-state index is 12.8. The molecule has 0 aliphatic carbocycles. The summed E-state index contributed by atoms with van der Waals surface area (Å²) in [6.07, 6.45) is 0.406. The number of thiazole rings is 1. The summed E-state index contributed by atoms with van der Waals surface area (Å²) in [5, 5.41) is 14.6. The van der Waals surface area contributed by atoms with Gasteiger partial charge in [0.2, 0.25) is 0 Å². The number of anilines is 1. The highest BCUT2D eigenvalue weighted by Crippen LogP contribution is 2.21. The van der Waals surface area contributed by atoms with Crippen molar-refractivity contribution in [3.05, 3.63) is 76.3 Å². The molecule has 2 atom stereocenters. The first-order valence-electron chi connectivity index (χ1n) is 10.8. The van der Waals surface area contributed by atoms with Crippen LogP contribution in [0.4, 0.5) is 5.13 Å². The lowest BCUT2D eigenvalue weighted by atomic mass is 10.1. The van der Waals surface area contributed by atoms with Crippen molar-refractivity contribution in [1.29, 1.82) is 5.26 Å². The van der Waals surface area contributed by atoms with Crippen LogP contribution in [0.1, 0.15) is 41.0 Å². The number of benzene rings is 2. The third kappa shape index (κ3) is 6.17. The highest BCUT2D eigenvalue weighted by molar-refractivity contribution is 7.14. The van der Waals surface area contributed by atoms with Gasteiger partial charge in [-0.1, -0.05) is 24.3 Å². The normalized spacial score (nSPS) is 18.5. The molecule has 4 rings (SSSR count). The Kier molecular flexibility index (Phi) is 7.35. The first-order chi connectivity index (χ1) is 16.0. The molecule has 8 heteroatoms. The predicted molar refractivity (Wildman–Crippen MR) is 127 cm³/mol. The fraction of sp³-hybridized carbons (Fsp3) is 0.320. The number of nitrogens with zero attached hydrogens (tertiary/aromatic N) is 3. The molecule has 2 unspecified atom stereocenters. The molecule has 2 heterocycles. The summed E-state index contributed by atoms with van der Waals surface area (Å²) in [6, 6.07) is 16.4. The Labute approximate surface area is 197 Å². The van der Waals surface area contributed by atoms with Gasteiger partial charge < -0.3 is 9.47 Å². The van der Waals surface area contributed by atoms with Crippen molar-refractivity contribution in [3.63, 3.8) is 0 Å². The molecule has 3 aromatic rings. The average molecular weight is 463 g/mol. The van der Waals surface area contributed by atoms with Gasteiger partial charge in [-0.2, -0.15) is 5.26 Å². The van der Waals surface area contributed by atoms with Crippen molar-refractivity contribution in [2.45, 2.75) is 39.2 Å². The third-order valence-electron chi connectivity index (χ3n) is 5.28. The van der Waals surface area contributed by atoms with Crippen molar-refractivity contribution in [3.8, 4) is 11.8 Å². The molecule has 2 aromatic carbocycles. The van der Waals surface area contributed by atoms with E-state index in [4.69, 9.17) is 9.47 Å². The Balaban J connectivity index is 1.35. The Morgan fingerprint density at radius 2 is 2.03 bits per heavy atom. The van der Waals surface area contributed by atoms with Crippen LogP contribution in [0.25, 0.3) is 0 Å². The number of nitriles is 1. The monoisotopic (exact) mass is 462 g/mol. The van der Waals surface area contributed by atoms with E-state index >= 15 is 0 Å². The lowest BCUT2D eigenvalue weighted by molar-refractivity contribution is -0.0707. The van der Waals surface area contributed by atoms with Gasteiger partial charge in [-0.25, -0.2) is 4.98 Å². The molecule has 170 valence electrons. The van der Waals surface area contributed by atoms with Crippen LogP contribution in [-0.4, -0.2) is 41.1 Å².